The van der Waals surface area contributed by atoms with Crippen molar-refractivity contribution in [2.45, 2.75) is 26.8 Å². The molecule has 0 aliphatic carbocycles. The Morgan fingerprint density at radius 2 is 2.13 bits per heavy atom. The summed E-state index contributed by atoms with van der Waals surface area (Å²) in [7, 11) is 0. The second kappa shape index (κ2) is 9.43. The molecule has 0 saturated carbocycles. The minimum absolute atomic E-state index is 0.123. The first-order valence-electron chi connectivity index (χ1n) is 10.3. The number of thiazole rings is 1. The van der Waals surface area contributed by atoms with Gasteiger partial charge >= 0.3 is 0 Å². The van der Waals surface area contributed by atoms with Gasteiger partial charge in [-0.05, 0) is 38.5 Å². The lowest BCUT2D eigenvalue weighted by Crippen LogP contribution is -2.39. The number of hydrogen-bond donors (Lipinski definition) is 0. The molecule has 1 saturated heterocycles. The van der Waals surface area contributed by atoms with Crippen molar-refractivity contribution in [2.24, 2.45) is 0 Å². The lowest BCUT2D eigenvalue weighted by atomic mass is 10.3. The smallest absolute Gasteiger partial charge is 0.280 e. The maximum absolute atomic E-state index is 13.4. The summed E-state index contributed by atoms with van der Waals surface area (Å²) in [5, 5.41) is 5.75. The Morgan fingerprint density at radius 1 is 1.33 bits per heavy atom. The highest BCUT2D eigenvalue weighted by atomic mass is 35.5. The molecule has 1 aromatic carbocycles. The second-order valence-electron chi connectivity index (χ2n) is 7.33. The molecule has 9 heteroatoms. The number of halogens is 1. The molecule has 160 valence electrons. The number of carbonyl (C=O) groups is 1. The van der Waals surface area contributed by atoms with Crippen LogP contribution in [0.15, 0.2) is 24.3 Å². The number of hydrogen-bond acceptors (Lipinski definition) is 6. The standard InChI is InChI=1S/C21H26ClN5O2S/c1-3-27-15(2)14-17(24-27)20(28)26(9-5-8-25-10-12-29-13-11-25)21-23-19-16(22)6-4-7-18(19)30-21/h4,6-7,14H,3,5,8-13H2,1-2H3. The molecule has 3 heterocycles. The number of aryl methyl sites for hydroxylation is 2. The highest BCUT2D eigenvalue weighted by Gasteiger charge is 2.24. The number of aromatic nitrogens is 3. The topological polar surface area (TPSA) is 63.5 Å². The maximum Gasteiger partial charge on any atom is 0.280 e. The number of nitrogens with zero attached hydrogens (tertiary/aromatic N) is 5. The molecule has 1 aliphatic heterocycles. The van der Waals surface area contributed by atoms with Crippen LogP contribution in [0.1, 0.15) is 29.5 Å². The molecule has 2 aromatic heterocycles. The fourth-order valence-corrected chi connectivity index (χ4v) is 4.94. The van der Waals surface area contributed by atoms with Crippen LogP contribution in [0.4, 0.5) is 5.13 Å². The summed E-state index contributed by atoms with van der Waals surface area (Å²) in [4.78, 5) is 22.2. The lowest BCUT2D eigenvalue weighted by Gasteiger charge is -2.27. The SMILES string of the molecule is CCn1nc(C(=O)N(CCCN2CCOCC2)c2nc3c(Cl)cccc3s2)cc1C. The fraction of sp³-hybridized carbons (Fsp3) is 0.476. The van der Waals surface area contributed by atoms with E-state index in [9.17, 15) is 4.79 Å². The number of anilines is 1. The van der Waals surface area contributed by atoms with Crippen LogP contribution in [0.2, 0.25) is 5.02 Å². The van der Waals surface area contributed by atoms with E-state index < -0.39 is 0 Å². The molecule has 4 rings (SSSR count). The van der Waals surface area contributed by atoms with Crippen molar-refractivity contribution in [3.05, 3.63) is 40.7 Å². The molecule has 0 N–H and O–H groups in total. The van der Waals surface area contributed by atoms with Gasteiger partial charge in [-0.15, -0.1) is 0 Å². The Morgan fingerprint density at radius 3 is 2.83 bits per heavy atom. The average Bonchev–Trinajstić information content (AvgIpc) is 3.36. The molecule has 3 aromatic rings. The molecule has 7 nitrogen and oxygen atoms in total. The Kier molecular flexibility index (Phi) is 6.67. The number of ether oxygens (including phenoxy) is 1. The van der Waals surface area contributed by atoms with Crippen molar-refractivity contribution in [3.63, 3.8) is 0 Å². The number of carbonyl (C=O) groups excluding carboxylic acids is 1. The summed E-state index contributed by atoms with van der Waals surface area (Å²) in [6, 6.07) is 7.56. The summed E-state index contributed by atoms with van der Waals surface area (Å²) in [5.74, 6) is -0.123. The molecule has 1 amide bonds. The van der Waals surface area contributed by atoms with Gasteiger partial charge in [0.25, 0.3) is 5.91 Å². The largest absolute Gasteiger partial charge is 0.379 e. The van der Waals surface area contributed by atoms with E-state index >= 15 is 0 Å². The van der Waals surface area contributed by atoms with Crippen LogP contribution in [0.5, 0.6) is 0 Å². The van der Waals surface area contributed by atoms with E-state index in [-0.39, 0.29) is 5.91 Å². The van der Waals surface area contributed by atoms with Crippen molar-refractivity contribution in [3.8, 4) is 0 Å². The molecule has 1 fully saturated rings. The molecular weight excluding hydrogens is 422 g/mol. The molecule has 30 heavy (non-hydrogen) atoms. The van der Waals surface area contributed by atoms with E-state index in [1.54, 1.807) is 4.90 Å². The van der Waals surface area contributed by atoms with Gasteiger partial charge in [0.15, 0.2) is 10.8 Å². The first-order chi connectivity index (χ1) is 14.6. The minimum Gasteiger partial charge on any atom is -0.379 e. The third-order valence-electron chi connectivity index (χ3n) is 5.29. The zero-order valence-corrected chi connectivity index (χ0v) is 18.9. The van der Waals surface area contributed by atoms with E-state index in [0.29, 0.717) is 22.4 Å². The quantitative estimate of drug-likeness (QED) is 0.550. The predicted molar refractivity (Wildman–Crippen MR) is 121 cm³/mol. The van der Waals surface area contributed by atoms with Gasteiger partial charge < -0.3 is 4.74 Å². The zero-order chi connectivity index (χ0) is 21.1. The highest BCUT2D eigenvalue weighted by Crippen LogP contribution is 2.33. The third-order valence-corrected chi connectivity index (χ3v) is 6.64. The molecule has 0 bridgehead atoms. The van der Waals surface area contributed by atoms with Gasteiger partial charge in [-0.3, -0.25) is 19.3 Å². The van der Waals surface area contributed by atoms with Crippen LogP contribution in [0.3, 0.4) is 0 Å². The first-order valence-corrected chi connectivity index (χ1v) is 11.5. The van der Waals surface area contributed by atoms with Crippen LogP contribution in [-0.2, 0) is 11.3 Å². The number of morpholine rings is 1. The summed E-state index contributed by atoms with van der Waals surface area (Å²) in [6.45, 7) is 9.62. The van der Waals surface area contributed by atoms with E-state index in [2.05, 4.69) is 10.00 Å². The number of para-hydroxylation sites is 1. The van der Waals surface area contributed by atoms with E-state index in [1.165, 1.54) is 11.3 Å². The van der Waals surface area contributed by atoms with E-state index in [4.69, 9.17) is 21.3 Å². The zero-order valence-electron chi connectivity index (χ0n) is 17.3. The Hall–Kier alpha value is -2.00. The summed E-state index contributed by atoms with van der Waals surface area (Å²) in [6.07, 6.45) is 0.850. The Labute approximate surface area is 185 Å². The van der Waals surface area contributed by atoms with Gasteiger partial charge in [0.2, 0.25) is 0 Å². The van der Waals surface area contributed by atoms with Gasteiger partial charge in [0.05, 0.1) is 22.9 Å². The number of fused-ring (bicyclic) bond motifs is 1. The molecule has 0 radical (unpaired) electrons. The fourth-order valence-electron chi connectivity index (χ4n) is 3.65. The summed E-state index contributed by atoms with van der Waals surface area (Å²) >= 11 is 7.81. The minimum atomic E-state index is -0.123. The van der Waals surface area contributed by atoms with Crippen LogP contribution < -0.4 is 4.90 Å². The maximum atomic E-state index is 13.4. The van der Waals surface area contributed by atoms with E-state index in [0.717, 1.165) is 61.7 Å². The van der Waals surface area contributed by atoms with Crippen molar-refractivity contribution in [1.82, 2.24) is 19.7 Å². The van der Waals surface area contributed by atoms with Crippen molar-refractivity contribution in [2.75, 3.05) is 44.3 Å². The van der Waals surface area contributed by atoms with Crippen LogP contribution in [-0.4, -0.2) is 65.0 Å². The first kappa shape index (κ1) is 21.2. The van der Waals surface area contributed by atoms with Crippen molar-refractivity contribution in [1.29, 1.82) is 0 Å². The normalized spacial score (nSPS) is 15.0. The van der Waals surface area contributed by atoms with Crippen LogP contribution in [0, 0.1) is 6.92 Å². The molecule has 0 unspecified atom stereocenters. The Bertz CT molecular complexity index is 1030. The monoisotopic (exact) mass is 447 g/mol. The molecule has 0 spiro atoms. The van der Waals surface area contributed by atoms with Crippen molar-refractivity contribution < 1.29 is 9.53 Å². The van der Waals surface area contributed by atoms with Gasteiger partial charge in [0, 0.05) is 38.4 Å². The lowest BCUT2D eigenvalue weighted by molar-refractivity contribution is 0.0376. The van der Waals surface area contributed by atoms with Crippen LogP contribution in [0.25, 0.3) is 10.2 Å². The van der Waals surface area contributed by atoms with Gasteiger partial charge in [-0.25, -0.2) is 4.98 Å². The second-order valence-corrected chi connectivity index (χ2v) is 8.75. The van der Waals surface area contributed by atoms with Crippen LogP contribution >= 0.6 is 22.9 Å². The number of rotatable bonds is 7. The van der Waals surface area contributed by atoms with Gasteiger partial charge in [-0.2, -0.15) is 5.10 Å². The molecule has 0 atom stereocenters. The predicted octanol–water partition coefficient (Wildman–Crippen LogP) is 3.84. The third kappa shape index (κ3) is 4.51. The molecular formula is C21H26ClN5O2S. The van der Waals surface area contributed by atoms with E-state index in [1.807, 2.05) is 42.8 Å². The highest BCUT2D eigenvalue weighted by molar-refractivity contribution is 7.22. The van der Waals surface area contributed by atoms with Gasteiger partial charge in [-0.1, -0.05) is 29.0 Å². The number of benzene rings is 1. The molecule has 1 aliphatic rings. The average molecular weight is 448 g/mol. The summed E-state index contributed by atoms with van der Waals surface area (Å²) in [5.41, 5.74) is 2.16. The Balaban J connectivity index is 1.59. The number of amides is 1. The summed E-state index contributed by atoms with van der Waals surface area (Å²) < 4.78 is 8.24. The van der Waals surface area contributed by atoms with Gasteiger partial charge in [0.1, 0.15) is 5.52 Å². The van der Waals surface area contributed by atoms with Crippen molar-refractivity contribution >= 4 is 44.2 Å².